The summed E-state index contributed by atoms with van der Waals surface area (Å²) < 4.78 is 63.2. The number of nitrogens with zero attached hydrogens (tertiary/aromatic N) is 1. The Hall–Kier alpha value is -3.46. The van der Waals surface area contributed by atoms with Crippen LogP contribution in [0.15, 0.2) is 85.7 Å². The summed E-state index contributed by atoms with van der Waals surface area (Å²) in [5, 5.41) is 2.51. The SMILES string of the molecule is O=S(=O)(c1ccc(F)cc1)c1nc(-c2ccco2)oc1NCc1ccc(F)cc1. The molecule has 0 fully saturated rings. The molecule has 2 aromatic heterocycles. The summed E-state index contributed by atoms with van der Waals surface area (Å²) >= 11 is 0. The lowest BCUT2D eigenvalue weighted by Gasteiger charge is -2.06. The van der Waals surface area contributed by atoms with Gasteiger partial charge in [0.1, 0.15) is 11.6 Å². The van der Waals surface area contributed by atoms with E-state index in [2.05, 4.69) is 10.3 Å². The van der Waals surface area contributed by atoms with E-state index in [-0.39, 0.29) is 39.8 Å². The van der Waals surface area contributed by atoms with Crippen molar-refractivity contribution < 1.29 is 26.0 Å². The molecule has 1 N–H and O–H groups in total. The van der Waals surface area contributed by atoms with E-state index < -0.39 is 15.7 Å². The van der Waals surface area contributed by atoms with Crippen molar-refractivity contribution in [2.45, 2.75) is 16.5 Å². The number of anilines is 1. The van der Waals surface area contributed by atoms with Crippen LogP contribution in [0.25, 0.3) is 11.7 Å². The summed E-state index contributed by atoms with van der Waals surface area (Å²) in [5.41, 5.74) is 0.701. The van der Waals surface area contributed by atoms with E-state index in [1.807, 2.05) is 0 Å². The van der Waals surface area contributed by atoms with Gasteiger partial charge in [0.2, 0.25) is 20.7 Å². The van der Waals surface area contributed by atoms with Crippen LogP contribution < -0.4 is 5.32 Å². The summed E-state index contributed by atoms with van der Waals surface area (Å²) in [6.07, 6.45) is 1.40. The summed E-state index contributed by atoms with van der Waals surface area (Å²) in [5.74, 6) is -0.833. The minimum Gasteiger partial charge on any atom is -0.459 e. The molecule has 0 saturated heterocycles. The van der Waals surface area contributed by atoms with Crippen LogP contribution in [0, 0.1) is 11.6 Å². The number of sulfone groups is 1. The van der Waals surface area contributed by atoms with Crippen LogP contribution in [0.5, 0.6) is 0 Å². The zero-order valence-electron chi connectivity index (χ0n) is 14.8. The van der Waals surface area contributed by atoms with E-state index in [0.29, 0.717) is 5.56 Å². The smallest absolute Gasteiger partial charge is 0.266 e. The molecule has 0 radical (unpaired) electrons. The molecule has 0 aliphatic rings. The molecule has 6 nitrogen and oxygen atoms in total. The Morgan fingerprint density at radius 1 is 0.931 bits per heavy atom. The molecule has 4 aromatic rings. The molecule has 0 bridgehead atoms. The lowest BCUT2D eigenvalue weighted by atomic mass is 10.2. The molecule has 0 aliphatic carbocycles. The first-order chi connectivity index (χ1) is 13.9. The average Bonchev–Trinajstić information content (AvgIpc) is 3.38. The molecule has 0 spiro atoms. The highest BCUT2D eigenvalue weighted by Gasteiger charge is 2.29. The Morgan fingerprint density at radius 3 is 2.21 bits per heavy atom. The van der Waals surface area contributed by atoms with E-state index in [0.717, 1.165) is 24.3 Å². The minimum absolute atomic E-state index is 0.0303. The number of rotatable bonds is 6. The lowest BCUT2D eigenvalue weighted by Crippen LogP contribution is -2.07. The van der Waals surface area contributed by atoms with Crippen molar-refractivity contribution >= 4 is 15.7 Å². The second kappa shape index (κ2) is 7.51. The van der Waals surface area contributed by atoms with Gasteiger partial charge in [-0.25, -0.2) is 17.2 Å². The van der Waals surface area contributed by atoms with Gasteiger partial charge in [0.15, 0.2) is 5.76 Å². The fourth-order valence-electron chi connectivity index (χ4n) is 2.62. The van der Waals surface area contributed by atoms with E-state index in [1.165, 1.54) is 18.4 Å². The molecule has 0 atom stereocenters. The molecular formula is C20H14F2N2O4S. The molecule has 9 heteroatoms. The number of nitrogens with one attached hydrogen (secondary N) is 1. The number of furan rings is 1. The van der Waals surface area contributed by atoms with Crippen molar-refractivity contribution in [1.82, 2.24) is 4.98 Å². The minimum atomic E-state index is -4.10. The van der Waals surface area contributed by atoms with Gasteiger partial charge >= 0.3 is 0 Å². The standard InChI is InChI=1S/C20H14F2N2O4S/c21-14-5-3-13(4-6-14)12-23-19-20(24-18(28-19)17-2-1-11-27-17)29(25,26)16-9-7-15(22)8-10-16/h1-11,23H,12H2. The molecule has 0 unspecified atom stereocenters. The van der Waals surface area contributed by atoms with E-state index in [1.54, 1.807) is 24.3 Å². The fourth-order valence-corrected chi connectivity index (χ4v) is 3.89. The number of oxazole rings is 1. The zero-order valence-corrected chi connectivity index (χ0v) is 15.6. The van der Waals surface area contributed by atoms with Crippen LogP contribution in [0.1, 0.15) is 5.56 Å². The van der Waals surface area contributed by atoms with Gasteiger partial charge in [0.25, 0.3) is 5.89 Å². The predicted octanol–water partition coefficient (Wildman–Crippen LogP) is 4.66. The third-order valence-corrected chi connectivity index (χ3v) is 5.75. The van der Waals surface area contributed by atoms with Gasteiger partial charge < -0.3 is 14.2 Å². The third-order valence-electron chi connectivity index (χ3n) is 4.07. The van der Waals surface area contributed by atoms with Gasteiger partial charge in [-0.05, 0) is 54.1 Å². The monoisotopic (exact) mass is 416 g/mol. The Kier molecular flexibility index (Phi) is 4.89. The van der Waals surface area contributed by atoms with Gasteiger partial charge in [-0.15, -0.1) is 0 Å². The van der Waals surface area contributed by atoms with Crippen LogP contribution in [-0.4, -0.2) is 13.4 Å². The fraction of sp³-hybridized carbons (Fsp3) is 0.0500. The quantitative estimate of drug-likeness (QED) is 0.460. The zero-order chi connectivity index (χ0) is 20.4. The number of hydrogen-bond acceptors (Lipinski definition) is 6. The first-order valence-corrected chi connectivity index (χ1v) is 9.95. The summed E-state index contributed by atoms with van der Waals surface area (Å²) in [4.78, 5) is 3.95. The topological polar surface area (TPSA) is 85.3 Å². The van der Waals surface area contributed by atoms with E-state index >= 15 is 0 Å². The van der Waals surface area contributed by atoms with Crippen LogP contribution in [0.4, 0.5) is 14.7 Å². The maximum absolute atomic E-state index is 13.2. The molecule has 2 aromatic carbocycles. The Bertz CT molecular complexity index is 1220. The van der Waals surface area contributed by atoms with Crippen LogP contribution in [0.2, 0.25) is 0 Å². The largest absolute Gasteiger partial charge is 0.459 e. The molecule has 4 rings (SSSR count). The summed E-state index contributed by atoms with van der Waals surface area (Å²) in [6.45, 7) is 0.166. The second-order valence-electron chi connectivity index (χ2n) is 6.07. The van der Waals surface area contributed by atoms with Crippen molar-refractivity contribution in [3.05, 3.63) is 84.1 Å². The summed E-state index contributed by atoms with van der Waals surface area (Å²) in [7, 11) is -4.10. The van der Waals surface area contributed by atoms with E-state index in [4.69, 9.17) is 8.83 Å². The maximum Gasteiger partial charge on any atom is 0.266 e. The van der Waals surface area contributed by atoms with Crippen molar-refractivity contribution in [1.29, 1.82) is 0 Å². The van der Waals surface area contributed by atoms with Crippen molar-refractivity contribution in [2.24, 2.45) is 0 Å². The number of halogens is 2. The van der Waals surface area contributed by atoms with E-state index in [9.17, 15) is 17.2 Å². The van der Waals surface area contributed by atoms with Crippen molar-refractivity contribution in [2.75, 3.05) is 5.32 Å². The highest BCUT2D eigenvalue weighted by Crippen LogP contribution is 2.32. The third kappa shape index (κ3) is 3.90. The Balaban J connectivity index is 1.73. The highest BCUT2D eigenvalue weighted by molar-refractivity contribution is 7.91. The number of aromatic nitrogens is 1. The molecular weight excluding hydrogens is 402 g/mol. The normalized spacial score (nSPS) is 11.5. The van der Waals surface area contributed by atoms with Gasteiger partial charge in [-0.2, -0.15) is 4.98 Å². The van der Waals surface area contributed by atoms with Crippen molar-refractivity contribution in [3.63, 3.8) is 0 Å². The second-order valence-corrected chi connectivity index (χ2v) is 7.93. The molecule has 0 amide bonds. The molecule has 2 heterocycles. The van der Waals surface area contributed by atoms with Crippen LogP contribution in [0.3, 0.4) is 0 Å². The Labute approximate surface area is 164 Å². The average molecular weight is 416 g/mol. The highest BCUT2D eigenvalue weighted by atomic mass is 32.2. The molecule has 0 aliphatic heterocycles. The number of benzene rings is 2. The Morgan fingerprint density at radius 2 is 1.59 bits per heavy atom. The van der Waals surface area contributed by atoms with Crippen LogP contribution in [-0.2, 0) is 16.4 Å². The lowest BCUT2D eigenvalue weighted by molar-refractivity contribution is 0.522. The molecule has 0 saturated carbocycles. The maximum atomic E-state index is 13.2. The van der Waals surface area contributed by atoms with Crippen molar-refractivity contribution in [3.8, 4) is 11.7 Å². The first kappa shape index (κ1) is 18.9. The number of hydrogen-bond donors (Lipinski definition) is 1. The summed E-state index contributed by atoms with van der Waals surface area (Å²) in [6, 6.07) is 13.3. The van der Waals surface area contributed by atoms with Gasteiger partial charge in [0, 0.05) is 6.54 Å². The van der Waals surface area contributed by atoms with Gasteiger partial charge in [-0.1, -0.05) is 12.1 Å². The van der Waals surface area contributed by atoms with Gasteiger partial charge in [-0.3, -0.25) is 0 Å². The molecule has 29 heavy (non-hydrogen) atoms. The first-order valence-electron chi connectivity index (χ1n) is 8.47. The van der Waals surface area contributed by atoms with Gasteiger partial charge in [0.05, 0.1) is 11.2 Å². The van der Waals surface area contributed by atoms with Crippen LogP contribution >= 0.6 is 0 Å². The predicted molar refractivity (Wildman–Crippen MR) is 99.8 cm³/mol. The molecule has 148 valence electrons.